The molecule has 0 bridgehead atoms. The topological polar surface area (TPSA) is 71.0 Å². The van der Waals surface area contributed by atoms with E-state index in [9.17, 15) is 9.90 Å². The number of para-hydroxylation sites is 1. The van der Waals surface area contributed by atoms with Crippen LogP contribution in [-0.2, 0) is 11.3 Å². The molecule has 1 amide bonds. The molecule has 0 spiro atoms. The normalized spacial score (nSPS) is 24.1. The molecule has 0 unspecified atom stereocenters. The first-order valence-corrected chi connectivity index (χ1v) is 10.0. The van der Waals surface area contributed by atoms with Crippen LogP contribution in [0.15, 0.2) is 18.2 Å². The van der Waals surface area contributed by atoms with E-state index in [1.807, 2.05) is 18.2 Å². The van der Waals surface area contributed by atoms with Crippen LogP contribution in [0, 0.1) is 0 Å². The molecule has 1 heterocycles. The number of ether oxygens (including phenoxy) is 2. The Morgan fingerprint density at radius 1 is 1.19 bits per heavy atom. The second kappa shape index (κ2) is 8.93. The van der Waals surface area contributed by atoms with E-state index in [2.05, 4.69) is 5.32 Å². The van der Waals surface area contributed by atoms with E-state index in [4.69, 9.17) is 9.47 Å². The smallest absolute Gasteiger partial charge is 0.256 e. The average Bonchev–Trinajstić information content (AvgIpc) is 2.70. The van der Waals surface area contributed by atoms with Crippen LogP contribution in [0.3, 0.4) is 0 Å². The van der Waals surface area contributed by atoms with E-state index < -0.39 is 5.60 Å². The molecule has 1 saturated heterocycles. The summed E-state index contributed by atoms with van der Waals surface area (Å²) in [4.78, 5) is 14.8. The van der Waals surface area contributed by atoms with Gasteiger partial charge in [-0.25, -0.2) is 0 Å². The lowest BCUT2D eigenvalue weighted by Crippen LogP contribution is -2.58. The number of hydrogen-bond acceptors (Lipinski definition) is 5. The number of nitrogens with one attached hydrogen (secondary N) is 1. The fourth-order valence-electron chi connectivity index (χ4n) is 4.28. The molecule has 150 valence electrons. The van der Waals surface area contributed by atoms with Crippen LogP contribution in [0.5, 0.6) is 11.5 Å². The van der Waals surface area contributed by atoms with Gasteiger partial charge in [-0.05, 0) is 31.7 Å². The Balaban J connectivity index is 1.67. The first kappa shape index (κ1) is 20.0. The zero-order chi connectivity index (χ0) is 19.3. The number of piperidine rings is 1. The van der Waals surface area contributed by atoms with Crippen molar-refractivity contribution in [3.05, 3.63) is 23.8 Å². The first-order valence-electron chi connectivity index (χ1n) is 10.0. The monoisotopic (exact) mass is 376 g/mol. The molecule has 0 aromatic heterocycles. The van der Waals surface area contributed by atoms with Crippen molar-refractivity contribution in [2.24, 2.45) is 0 Å². The summed E-state index contributed by atoms with van der Waals surface area (Å²) in [6.45, 7) is 1.39. The van der Waals surface area contributed by atoms with Gasteiger partial charge in [-0.2, -0.15) is 0 Å². The number of aliphatic hydroxyl groups is 1. The van der Waals surface area contributed by atoms with Gasteiger partial charge in [0.15, 0.2) is 17.1 Å². The third kappa shape index (κ3) is 4.55. The second-order valence-corrected chi connectivity index (χ2v) is 7.73. The molecule has 1 aliphatic carbocycles. The van der Waals surface area contributed by atoms with Gasteiger partial charge >= 0.3 is 0 Å². The van der Waals surface area contributed by atoms with Gasteiger partial charge in [0.2, 0.25) is 0 Å². The predicted molar refractivity (Wildman–Crippen MR) is 104 cm³/mol. The van der Waals surface area contributed by atoms with Crippen LogP contribution in [0.1, 0.15) is 50.5 Å². The number of rotatable bonds is 7. The van der Waals surface area contributed by atoms with E-state index in [1.165, 1.54) is 19.3 Å². The third-order valence-electron chi connectivity index (χ3n) is 5.84. The summed E-state index contributed by atoms with van der Waals surface area (Å²) in [5.41, 5.74) is -0.434. The van der Waals surface area contributed by atoms with Crippen molar-refractivity contribution in [3.8, 4) is 11.5 Å². The molecular weight excluding hydrogens is 344 g/mol. The highest BCUT2D eigenvalue weighted by molar-refractivity contribution is 5.86. The Kier molecular flexibility index (Phi) is 6.60. The average molecular weight is 376 g/mol. The summed E-state index contributed by atoms with van der Waals surface area (Å²) < 4.78 is 10.8. The van der Waals surface area contributed by atoms with Gasteiger partial charge in [-0.3, -0.25) is 4.79 Å². The minimum absolute atomic E-state index is 0.193. The van der Waals surface area contributed by atoms with Crippen LogP contribution in [0.4, 0.5) is 0 Å². The lowest BCUT2D eigenvalue weighted by atomic mass is 9.89. The van der Waals surface area contributed by atoms with Crippen LogP contribution >= 0.6 is 0 Å². The van der Waals surface area contributed by atoms with Crippen molar-refractivity contribution < 1.29 is 19.4 Å². The Morgan fingerprint density at radius 2 is 1.96 bits per heavy atom. The maximum absolute atomic E-state index is 13.0. The molecular formula is C21H32N2O4. The van der Waals surface area contributed by atoms with E-state index >= 15 is 0 Å². The van der Waals surface area contributed by atoms with Crippen molar-refractivity contribution >= 4 is 5.91 Å². The Labute approximate surface area is 161 Å². The molecule has 3 rings (SSSR count). The van der Waals surface area contributed by atoms with Gasteiger partial charge in [0, 0.05) is 31.2 Å². The minimum atomic E-state index is -1.32. The molecule has 0 radical (unpaired) electrons. The Hall–Kier alpha value is -1.79. The van der Waals surface area contributed by atoms with E-state index in [0.29, 0.717) is 43.6 Å². The Morgan fingerprint density at radius 3 is 2.67 bits per heavy atom. The maximum Gasteiger partial charge on any atom is 0.256 e. The number of carbonyl (C=O) groups excluding carboxylic acids is 1. The van der Waals surface area contributed by atoms with Crippen LogP contribution in [0.25, 0.3) is 0 Å². The van der Waals surface area contributed by atoms with Crippen LogP contribution < -0.4 is 14.8 Å². The molecule has 1 aliphatic heterocycles. The van der Waals surface area contributed by atoms with Gasteiger partial charge in [-0.1, -0.05) is 31.4 Å². The van der Waals surface area contributed by atoms with E-state index in [0.717, 1.165) is 24.8 Å². The summed E-state index contributed by atoms with van der Waals surface area (Å²) >= 11 is 0. The minimum Gasteiger partial charge on any atom is -0.493 e. The fourth-order valence-corrected chi connectivity index (χ4v) is 4.28. The molecule has 2 fully saturated rings. The van der Waals surface area contributed by atoms with Gasteiger partial charge in [0.1, 0.15) is 0 Å². The fraction of sp³-hybridized carbons (Fsp3) is 0.667. The molecule has 2 N–H and O–H groups in total. The quantitative estimate of drug-likeness (QED) is 0.765. The standard InChI is InChI=1S/C21H32N2O4/c1-26-18-11-6-8-16(19(18)27-2)14-23-13-7-12-21(25,20(23)24)15-22-17-9-4-3-5-10-17/h6,8,11,17,22,25H,3-5,7,9-10,12-15H2,1-2H3/t21-/m0/s1. The summed E-state index contributed by atoms with van der Waals surface area (Å²) in [5.74, 6) is 1.10. The van der Waals surface area contributed by atoms with E-state index in [-0.39, 0.29) is 5.91 Å². The van der Waals surface area contributed by atoms with Crippen molar-refractivity contribution in [2.45, 2.75) is 63.1 Å². The predicted octanol–water partition coefficient (Wildman–Crippen LogP) is 2.48. The zero-order valence-corrected chi connectivity index (χ0v) is 16.5. The second-order valence-electron chi connectivity index (χ2n) is 7.73. The molecule has 1 saturated carbocycles. The Bertz CT molecular complexity index is 645. The third-order valence-corrected chi connectivity index (χ3v) is 5.84. The van der Waals surface area contributed by atoms with Crippen LogP contribution in [0.2, 0.25) is 0 Å². The van der Waals surface area contributed by atoms with Crippen molar-refractivity contribution in [1.82, 2.24) is 10.2 Å². The molecule has 6 nitrogen and oxygen atoms in total. The maximum atomic E-state index is 13.0. The van der Waals surface area contributed by atoms with Gasteiger partial charge in [0.25, 0.3) is 5.91 Å². The van der Waals surface area contributed by atoms with Gasteiger partial charge < -0.3 is 24.8 Å². The number of amides is 1. The molecule has 1 aromatic rings. The molecule has 1 atom stereocenters. The number of likely N-dealkylation sites (tertiary alicyclic amines) is 1. The number of nitrogens with zero attached hydrogens (tertiary/aromatic N) is 1. The van der Waals surface area contributed by atoms with Gasteiger partial charge in [-0.15, -0.1) is 0 Å². The summed E-state index contributed by atoms with van der Waals surface area (Å²) in [6.07, 6.45) is 7.32. The zero-order valence-electron chi connectivity index (χ0n) is 16.5. The largest absolute Gasteiger partial charge is 0.493 e. The highest BCUT2D eigenvalue weighted by Crippen LogP contribution is 2.33. The SMILES string of the molecule is COc1cccc(CN2CCC[C@](O)(CNC3CCCCC3)C2=O)c1OC. The van der Waals surface area contributed by atoms with E-state index in [1.54, 1.807) is 19.1 Å². The number of hydrogen-bond donors (Lipinski definition) is 2. The molecule has 1 aromatic carbocycles. The lowest BCUT2D eigenvalue weighted by Gasteiger charge is -2.39. The van der Waals surface area contributed by atoms with Crippen molar-refractivity contribution in [2.75, 3.05) is 27.3 Å². The van der Waals surface area contributed by atoms with Gasteiger partial charge in [0.05, 0.1) is 14.2 Å². The highest BCUT2D eigenvalue weighted by Gasteiger charge is 2.42. The summed E-state index contributed by atoms with van der Waals surface area (Å²) in [6, 6.07) is 6.08. The first-order chi connectivity index (χ1) is 13.1. The number of benzene rings is 1. The van der Waals surface area contributed by atoms with Crippen LogP contribution in [-0.4, -0.2) is 54.9 Å². The number of methoxy groups -OCH3 is 2. The highest BCUT2D eigenvalue weighted by atomic mass is 16.5. The summed E-state index contributed by atoms with van der Waals surface area (Å²) in [5, 5.41) is 14.5. The number of carbonyl (C=O) groups is 1. The summed E-state index contributed by atoms with van der Waals surface area (Å²) in [7, 11) is 3.20. The molecule has 27 heavy (non-hydrogen) atoms. The molecule has 2 aliphatic rings. The van der Waals surface area contributed by atoms with Crippen molar-refractivity contribution in [1.29, 1.82) is 0 Å². The molecule has 6 heteroatoms. The lowest BCUT2D eigenvalue weighted by molar-refractivity contribution is -0.157. The van der Waals surface area contributed by atoms with Crippen molar-refractivity contribution in [3.63, 3.8) is 0 Å².